The SMILES string of the molecule is C=CCN(CC(=O)NCCc1ccc(OC)cc1)S(C)(=O)=O. The molecular weight excluding hydrogens is 304 g/mol. The predicted molar refractivity (Wildman–Crippen MR) is 86.3 cm³/mol. The first kappa shape index (κ1) is 18.2. The largest absolute Gasteiger partial charge is 0.497 e. The molecular formula is C15H22N2O4S. The van der Waals surface area contributed by atoms with E-state index in [1.54, 1.807) is 7.11 Å². The fourth-order valence-corrected chi connectivity index (χ4v) is 2.54. The quantitative estimate of drug-likeness (QED) is 0.681. The number of hydrogen-bond donors (Lipinski definition) is 1. The van der Waals surface area contributed by atoms with Gasteiger partial charge in [0.25, 0.3) is 0 Å². The molecule has 0 saturated heterocycles. The Bertz CT molecular complexity index is 596. The summed E-state index contributed by atoms with van der Waals surface area (Å²) >= 11 is 0. The Kier molecular flexibility index (Phi) is 7.07. The van der Waals surface area contributed by atoms with E-state index in [9.17, 15) is 13.2 Å². The third-order valence-electron chi connectivity index (χ3n) is 3.02. The molecule has 6 nitrogen and oxygen atoms in total. The van der Waals surface area contributed by atoms with Crippen molar-refractivity contribution >= 4 is 15.9 Å². The normalized spacial score (nSPS) is 11.2. The number of amides is 1. The maximum absolute atomic E-state index is 11.8. The zero-order chi connectivity index (χ0) is 16.6. The molecule has 0 spiro atoms. The van der Waals surface area contributed by atoms with Crippen molar-refractivity contribution < 1.29 is 17.9 Å². The summed E-state index contributed by atoms with van der Waals surface area (Å²) in [7, 11) is -1.82. The fourth-order valence-electron chi connectivity index (χ4n) is 1.82. The summed E-state index contributed by atoms with van der Waals surface area (Å²) in [5, 5.41) is 2.71. The smallest absolute Gasteiger partial charge is 0.235 e. The maximum Gasteiger partial charge on any atom is 0.235 e. The summed E-state index contributed by atoms with van der Waals surface area (Å²) in [4.78, 5) is 11.8. The zero-order valence-corrected chi connectivity index (χ0v) is 13.7. The molecule has 0 saturated carbocycles. The molecule has 0 atom stereocenters. The molecule has 1 aromatic carbocycles. The van der Waals surface area contributed by atoms with Crippen molar-refractivity contribution in [2.45, 2.75) is 6.42 Å². The number of sulfonamides is 1. The number of benzene rings is 1. The van der Waals surface area contributed by atoms with Gasteiger partial charge in [0.1, 0.15) is 5.75 Å². The van der Waals surface area contributed by atoms with E-state index in [1.807, 2.05) is 24.3 Å². The molecule has 0 bridgehead atoms. The van der Waals surface area contributed by atoms with E-state index in [2.05, 4.69) is 11.9 Å². The van der Waals surface area contributed by atoms with E-state index in [4.69, 9.17) is 4.74 Å². The minimum atomic E-state index is -3.42. The van der Waals surface area contributed by atoms with Gasteiger partial charge in [0, 0.05) is 13.1 Å². The van der Waals surface area contributed by atoms with Gasteiger partial charge in [-0.3, -0.25) is 4.79 Å². The molecule has 7 heteroatoms. The number of nitrogens with zero attached hydrogens (tertiary/aromatic N) is 1. The molecule has 0 unspecified atom stereocenters. The molecule has 0 aliphatic rings. The Morgan fingerprint density at radius 2 is 2.00 bits per heavy atom. The van der Waals surface area contributed by atoms with E-state index < -0.39 is 10.0 Å². The fraction of sp³-hybridized carbons (Fsp3) is 0.400. The summed E-state index contributed by atoms with van der Waals surface area (Å²) in [6, 6.07) is 7.55. The second-order valence-corrected chi connectivity index (χ2v) is 6.77. The number of methoxy groups -OCH3 is 1. The van der Waals surface area contributed by atoms with Crippen molar-refractivity contribution in [3.8, 4) is 5.75 Å². The lowest BCUT2D eigenvalue weighted by Gasteiger charge is -2.17. The van der Waals surface area contributed by atoms with E-state index in [0.29, 0.717) is 13.0 Å². The number of carbonyl (C=O) groups excluding carboxylic acids is 1. The summed E-state index contributed by atoms with van der Waals surface area (Å²) in [5.74, 6) is 0.446. The highest BCUT2D eigenvalue weighted by Gasteiger charge is 2.18. The van der Waals surface area contributed by atoms with Crippen molar-refractivity contribution in [3.05, 3.63) is 42.5 Å². The first-order valence-corrected chi connectivity index (χ1v) is 8.67. The summed E-state index contributed by atoms with van der Waals surface area (Å²) in [6.45, 7) is 3.85. The van der Waals surface area contributed by atoms with Gasteiger partial charge in [0.05, 0.1) is 19.9 Å². The number of ether oxygens (including phenoxy) is 1. The van der Waals surface area contributed by atoms with Gasteiger partial charge in [-0.25, -0.2) is 8.42 Å². The van der Waals surface area contributed by atoms with Crippen LogP contribution in [0.15, 0.2) is 36.9 Å². The summed E-state index contributed by atoms with van der Waals surface area (Å²) < 4.78 is 29.1. The third-order valence-corrected chi connectivity index (χ3v) is 4.23. The van der Waals surface area contributed by atoms with Crippen LogP contribution in [0.2, 0.25) is 0 Å². The van der Waals surface area contributed by atoms with Gasteiger partial charge in [0.2, 0.25) is 15.9 Å². The topological polar surface area (TPSA) is 75.7 Å². The monoisotopic (exact) mass is 326 g/mol. The number of carbonyl (C=O) groups is 1. The first-order valence-electron chi connectivity index (χ1n) is 6.82. The Morgan fingerprint density at radius 1 is 1.36 bits per heavy atom. The molecule has 0 heterocycles. The van der Waals surface area contributed by atoms with Gasteiger partial charge < -0.3 is 10.1 Å². The average molecular weight is 326 g/mol. The van der Waals surface area contributed by atoms with Crippen LogP contribution < -0.4 is 10.1 Å². The molecule has 1 rings (SSSR count). The number of rotatable bonds is 9. The van der Waals surface area contributed by atoms with Crippen LogP contribution in [0, 0.1) is 0 Å². The van der Waals surface area contributed by atoms with Crippen molar-refractivity contribution in [2.75, 3.05) is 33.0 Å². The molecule has 1 aromatic rings. The lowest BCUT2D eigenvalue weighted by atomic mass is 10.1. The van der Waals surface area contributed by atoms with Crippen LogP contribution in [0.5, 0.6) is 5.75 Å². The standard InChI is InChI=1S/C15H22N2O4S/c1-4-11-17(22(3,19)20)12-15(18)16-10-9-13-5-7-14(21-2)8-6-13/h4-8H,1,9-12H2,2-3H3,(H,16,18). The minimum Gasteiger partial charge on any atom is -0.497 e. The lowest BCUT2D eigenvalue weighted by Crippen LogP contribution is -2.40. The van der Waals surface area contributed by atoms with Crippen LogP contribution >= 0.6 is 0 Å². The Hall–Kier alpha value is -1.86. The van der Waals surface area contributed by atoms with Gasteiger partial charge >= 0.3 is 0 Å². The van der Waals surface area contributed by atoms with Crippen LogP contribution in [0.3, 0.4) is 0 Å². The van der Waals surface area contributed by atoms with Crippen LogP contribution in [0.4, 0.5) is 0 Å². The van der Waals surface area contributed by atoms with Crippen molar-refractivity contribution in [2.24, 2.45) is 0 Å². The molecule has 122 valence electrons. The Morgan fingerprint density at radius 3 is 2.50 bits per heavy atom. The van der Waals surface area contributed by atoms with Crippen molar-refractivity contribution in [1.29, 1.82) is 0 Å². The first-order chi connectivity index (χ1) is 10.4. The van der Waals surface area contributed by atoms with Gasteiger partial charge in [-0.1, -0.05) is 18.2 Å². The number of hydrogen-bond acceptors (Lipinski definition) is 4. The molecule has 0 fully saturated rings. The molecule has 0 aliphatic heterocycles. The van der Waals surface area contributed by atoms with Gasteiger partial charge in [-0.2, -0.15) is 4.31 Å². The third kappa shape index (κ3) is 6.28. The molecule has 1 amide bonds. The summed E-state index contributed by atoms with van der Waals surface area (Å²) in [6.07, 6.45) is 3.18. The van der Waals surface area contributed by atoms with Crippen molar-refractivity contribution in [3.63, 3.8) is 0 Å². The van der Waals surface area contributed by atoms with Crippen LogP contribution in [-0.2, 0) is 21.2 Å². The van der Waals surface area contributed by atoms with Crippen molar-refractivity contribution in [1.82, 2.24) is 9.62 Å². The second kappa shape index (κ2) is 8.55. The average Bonchev–Trinajstić information content (AvgIpc) is 2.46. The van der Waals surface area contributed by atoms with E-state index in [-0.39, 0.29) is 19.0 Å². The Balaban J connectivity index is 2.43. The lowest BCUT2D eigenvalue weighted by molar-refractivity contribution is -0.121. The highest BCUT2D eigenvalue weighted by Crippen LogP contribution is 2.11. The van der Waals surface area contributed by atoms with E-state index >= 15 is 0 Å². The highest BCUT2D eigenvalue weighted by atomic mass is 32.2. The molecule has 0 radical (unpaired) electrons. The van der Waals surface area contributed by atoms with Gasteiger partial charge in [-0.05, 0) is 24.1 Å². The second-order valence-electron chi connectivity index (χ2n) is 4.79. The highest BCUT2D eigenvalue weighted by molar-refractivity contribution is 7.88. The predicted octanol–water partition coefficient (Wildman–Crippen LogP) is 0.801. The molecule has 0 aromatic heterocycles. The number of nitrogens with one attached hydrogen (secondary N) is 1. The van der Waals surface area contributed by atoms with Gasteiger partial charge in [0.15, 0.2) is 0 Å². The molecule has 1 N–H and O–H groups in total. The zero-order valence-electron chi connectivity index (χ0n) is 12.9. The van der Waals surface area contributed by atoms with Gasteiger partial charge in [-0.15, -0.1) is 6.58 Å². The minimum absolute atomic E-state index is 0.116. The van der Waals surface area contributed by atoms with E-state index in [0.717, 1.165) is 21.9 Å². The summed E-state index contributed by atoms with van der Waals surface area (Å²) in [5.41, 5.74) is 1.06. The van der Waals surface area contributed by atoms with Crippen LogP contribution in [0.25, 0.3) is 0 Å². The Labute approximate surface area is 131 Å². The molecule has 22 heavy (non-hydrogen) atoms. The van der Waals surface area contributed by atoms with E-state index in [1.165, 1.54) is 6.08 Å². The molecule has 0 aliphatic carbocycles. The van der Waals surface area contributed by atoms with Crippen LogP contribution in [0.1, 0.15) is 5.56 Å². The maximum atomic E-state index is 11.8. The van der Waals surface area contributed by atoms with Crippen LogP contribution in [-0.4, -0.2) is 51.6 Å².